The summed E-state index contributed by atoms with van der Waals surface area (Å²) in [5, 5.41) is 0. The number of Topliss-reactive ketones (excluding diaryl/α,β-unsaturated/α-hetero) is 1. The Bertz CT molecular complexity index is 960. The van der Waals surface area contributed by atoms with E-state index in [9.17, 15) is 14.4 Å². The van der Waals surface area contributed by atoms with Gasteiger partial charge in [0.25, 0.3) is 0 Å². The number of ketones is 1. The predicted octanol–water partition coefficient (Wildman–Crippen LogP) is 3.01. The second-order valence-electron chi connectivity index (χ2n) is 6.62. The number of fused-ring (bicyclic) bond motifs is 1. The van der Waals surface area contributed by atoms with Gasteiger partial charge in [-0.2, -0.15) is 0 Å². The number of hydrogen-bond donors (Lipinski definition) is 1. The summed E-state index contributed by atoms with van der Waals surface area (Å²) in [6, 6.07) is 4.70. The van der Waals surface area contributed by atoms with Crippen LogP contribution in [0.3, 0.4) is 0 Å². The van der Waals surface area contributed by atoms with E-state index in [1.807, 2.05) is 0 Å². The average Bonchev–Trinajstić information content (AvgIpc) is 3.01. The van der Waals surface area contributed by atoms with E-state index in [2.05, 4.69) is 4.98 Å². The minimum absolute atomic E-state index is 0.216. The van der Waals surface area contributed by atoms with Crippen molar-refractivity contribution < 1.29 is 33.3 Å². The molecule has 2 heterocycles. The van der Waals surface area contributed by atoms with Gasteiger partial charge in [0, 0.05) is 5.69 Å². The number of carbonyl (C=O) groups excluding carboxylic acids is 3. The number of aryl methyl sites for hydroxylation is 1. The summed E-state index contributed by atoms with van der Waals surface area (Å²) in [7, 11) is 0. The van der Waals surface area contributed by atoms with Gasteiger partial charge in [-0.15, -0.1) is 0 Å². The SMILES string of the molecule is CCOC(=O)c1c(C)[nH]c(C(=O)C(C)OC(=O)c2ccc3c(c2)OCCO3)c1C. The molecule has 0 radical (unpaired) electrons. The highest BCUT2D eigenvalue weighted by Gasteiger charge is 2.28. The maximum Gasteiger partial charge on any atom is 0.340 e. The Morgan fingerprint density at radius 2 is 1.79 bits per heavy atom. The molecule has 8 heteroatoms. The number of aromatic amines is 1. The van der Waals surface area contributed by atoms with Crippen LogP contribution in [0.2, 0.25) is 0 Å². The summed E-state index contributed by atoms with van der Waals surface area (Å²) in [5.41, 5.74) is 1.77. The van der Waals surface area contributed by atoms with Crippen LogP contribution in [0.1, 0.15) is 56.3 Å². The van der Waals surface area contributed by atoms with E-state index in [1.54, 1.807) is 32.9 Å². The van der Waals surface area contributed by atoms with Crippen LogP contribution in [0.25, 0.3) is 0 Å². The quantitative estimate of drug-likeness (QED) is 0.586. The third kappa shape index (κ3) is 4.11. The molecule has 8 nitrogen and oxygen atoms in total. The fourth-order valence-electron chi connectivity index (χ4n) is 3.16. The lowest BCUT2D eigenvalue weighted by Crippen LogP contribution is -2.25. The van der Waals surface area contributed by atoms with E-state index in [-0.39, 0.29) is 17.9 Å². The van der Waals surface area contributed by atoms with Crippen molar-refractivity contribution in [2.75, 3.05) is 19.8 Å². The molecule has 2 aromatic rings. The molecular formula is C21H23NO7. The van der Waals surface area contributed by atoms with Gasteiger partial charge in [0.15, 0.2) is 17.6 Å². The number of H-pyrrole nitrogens is 1. The molecule has 0 spiro atoms. The zero-order chi connectivity index (χ0) is 21.1. The lowest BCUT2D eigenvalue weighted by molar-refractivity contribution is 0.0316. The van der Waals surface area contributed by atoms with Crippen molar-refractivity contribution in [3.63, 3.8) is 0 Å². The highest BCUT2D eigenvalue weighted by Crippen LogP contribution is 2.31. The first-order chi connectivity index (χ1) is 13.8. The molecule has 29 heavy (non-hydrogen) atoms. The van der Waals surface area contributed by atoms with Crippen molar-refractivity contribution >= 4 is 17.7 Å². The summed E-state index contributed by atoms with van der Waals surface area (Å²) in [6.07, 6.45) is -1.05. The van der Waals surface area contributed by atoms with Crippen molar-refractivity contribution in [1.82, 2.24) is 4.98 Å². The topological polar surface area (TPSA) is 104 Å². The number of carbonyl (C=O) groups is 3. The van der Waals surface area contributed by atoms with E-state index in [4.69, 9.17) is 18.9 Å². The first-order valence-corrected chi connectivity index (χ1v) is 9.34. The number of esters is 2. The van der Waals surface area contributed by atoms with Crippen LogP contribution in [-0.2, 0) is 9.47 Å². The third-order valence-electron chi connectivity index (χ3n) is 4.59. The van der Waals surface area contributed by atoms with Crippen molar-refractivity contribution in [1.29, 1.82) is 0 Å². The molecule has 1 aromatic heterocycles. The van der Waals surface area contributed by atoms with Gasteiger partial charge in [-0.3, -0.25) is 4.79 Å². The molecule has 0 amide bonds. The van der Waals surface area contributed by atoms with Gasteiger partial charge in [0.05, 0.1) is 23.4 Å². The molecule has 1 aliphatic heterocycles. The van der Waals surface area contributed by atoms with Gasteiger partial charge in [-0.1, -0.05) is 0 Å². The van der Waals surface area contributed by atoms with Crippen LogP contribution in [0.15, 0.2) is 18.2 Å². The molecule has 3 rings (SSSR count). The van der Waals surface area contributed by atoms with Gasteiger partial charge in [-0.05, 0) is 51.5 Å². The van der Waals surface area contributed by atoms with E-state index in [0.717, 1.165) is 0 Å². The number of ether oxygens (including phenoxy) is 4. The fourth-order valence-corrected chi connectivity index (χ4v) is 3.16. The molecule has 0 fully saturated rings. The van der Waals surface area contributed by atoms with Crippen LogP contribution < -0.4 is 9.47 Å². The molecule has 1 N–H and O–H groups in total. The number of nitrogens with one attached hydrogen (secondary N) is 1. The minimum atomic E-state index is -1.05. The van der Waals surface area contributed by atoms with Gasteiger partial charge < -0.3 is 23.9 Å². The maximum absolute atomic E-state index is 12.8. The minimum Gasteiger partial charge on any atom is -0.486 e. The van der Waals surface area contributed by atoms with Crippen LogP contribution in [0.5, 0.6) is 11.5 Å². The molecule has 0 aliphatic carbocycles. The lowest BCUT2D eigenvalue weighted by Gasteiger charge is -2.19. The van der Waals surface area contributed by atoms with E-state index in [1.165, 1.54) is 13.0 Å². The van der Waals surface area contributed by atoms with Crippen molar-refractivity contribution in [3.8, 4) is 11.5 Å². The predicted molar refractivity (Wildman–Crippen MR) is 103 cm³/mol. The first kappa shape index (κ1) is 20.4. The normalized spacial score (nSPS) is 13.5. The molecule has 0 bridgehead atoms. The summed E-state index contributed by atoms with van der Waals surface area (Å²) in [4.78, 5) is 40.3. The molecule has 1 aromatic carbocycles. The number of hydrogen-bond acceptors (Lipinski definition) is 7. The molecular weight excluding hydrogens is 378 g/mol. The molecule has 0 saturated heterocycles. The van der Waals surface area contributed by atoms with Crippen LogP contribution in [-0.4, -0.2) is 48.6 Å². The van der Waals surface area contributed by atoms with E-state index >= 15 is 0 Å². The molecule has 1 aliphatic rings. The molecule has 154 valence electrons. The summed E-state index contributed by atoms with van der Waals surface area (Å²) in [6.45, 7) is 7.61. The van der Waals surface area contributed by atoms with Crippen molar-refractivity contribution in [3.05, 3.63) is 46.3 Å². The van der Waals surface area contributed by atoms with Crippen molar-refractivity contribution in [2.45, 2.75) is 33.8 Å². The summed E-state index contributed by atoms with van der Waals surface area (Å²) in [5.74, 6) is -0.583. The Kier molecular flexibility index (Phi) is 5.91. The van der Waals surface area contributed by atoms with Crippen LogP contribution in [0, 0.1) is 13.8 Å². The first-order valence-electron chi connectivity index (χ1n) is 9.34. The highest BCUT2D eigenvalue weighted by atomic mass is 16.6. The third-order valence-corrected chi connectivity index (χ3v) is 4.59. The van der Waals surface area contributed by atoms with Gasteiger partial charge in [0.2, 0.25) is 5.78 Å². The zero-order valence-electron chi connectivity index (χ0n) is 16.8. The Hall–Kier alpha value is -3.29. The second-order valence-corrected chi connectivity index (χ2v) is 6.62. The largest absolute Gasteiger partial charge is 0.486 e. The Labute approximate surface area is 168 Å². The van der Waals surface area contributed by atoms with Gasteiger partial charge in [0.1, 0.15) is 13.2 Å². The average molecular weight is 401 g/mol. The van der Waals surface area contributed by atoms with Crippen molar-refractivity contribution in [2.24, 2.45) is 0 Å². The maximum atomic E-state index is 12.8. The number of aromatic nitrogens is 1. The smallest absolute Gasteiger partial charge is 0.340 e. The van der Waals surface area contributed by atoms with E-state index in [0.29, 0.717) is 41.5 Å². The molecule has 0 saturated carbocycles. The lowest BCUT2D eigenvalue weighted by atomic mass is 10.1. The molecule has 1 unspecified atom stereocenters. The second kappa shape index (κ2) is 8.38. The van der Waals surface area contributed by atoms with E-state index < -0.39 is 23.8 Å². The Balaban J connectivity index is 1.75. The highest BCUT2D eigenvalue weighted by molar-refractivity contribution is 6.04. The van der Waals surface area contributed by atoms with Crippen LogP contribution >= 0.6 is 0 Å². The van der Waals surface area contributed by atoms with Gasteiger partial charge in [-0.25, -0.2) is 9.59 Å². The Morgan fingerprint density at radius 3 is 2.48 bits per heavy atom. The summed E-state index contributed by atoms with van der Waals surface area (Å²) >= 11 is 0. The molecule has 1 atom stereocenters. The monoisotopic (exact) mass is 401 g/mol. The van der Waals surface area contributed by atoms with Crippen LogP contribution in [0.4, 0.5) is 0 Å². The van der Waals surface area contributed by atoms with Gasteiger partial charge >= 0.3 is 11.9 Å². The fraction of sp³-hybridized carbons (Fsp3) is 0.381. The number of benzene rings is 1. The zero-order valence-corrected chi connectivity index (χ0v) is 16.8. The standard InChI is InChI=1S/C21H23NO7/c1-5-26-21(25)17-11(2)18(22-12(17)3)19(23)13(4)29-20(24)14-6-7-15-16(10-14)28-9-8-27-15/h6-7,10,13,22H,5,8-9H2,1-4H3. The summed E-state index contributed by atoms with van der Waals surface area (Å²) < 4.78 is 21.3. The number of rotatable bonds is 6. The Morgan fingerprint density at radius 1 is 1.10 bits per heavy atom.